The van der Waals surface area contributed by atoms with Gasteiger partial charge in [-0.3, -0.25) is 10.2 Å². The molecule has 24 heavy (non-hydrogen) atoms. The highest BCUT2D eigenvalue weighted by atomic mass is 35.5. The number of hydrazine groups is 1. The Morgan fingerprint density at radius 1 is 1.08 bits per heavy atom. The van der Waals surface area contributed by atoms with E-state index in [-0.39, 0.29) is 13.2 Å². The summed E-state index contributed by atoms with van der Waals surface area (Å²) in [4.78, 5) is 23.1. The van der Waals surface area contributed by atoms with Gasteiger partial charge in [0.2, 0.25) is 0 Å². The Kier molecular flexibility index (Phi) is 6.45. The molecule has 0 heterocycles. The van der Waals surface area contributed by atoms with Crippen molar-refractivity contribution in [2.24, 2.45) is 0 Å². The molecule has 0 saturated carbocycles. The molecular weight excluding hydrogens is 332 g/mol. The number of hydrogen-bond donors (Lipinski definition) is 2. The molecule has 2 N–H and O–H groups in total. The second kappa shape index (κ2) is 8.79. The van der Waals surface area contributed by atoms with Crippen molar-refractivity contribution in [1.82, 2.24) is 10.9 Å². The van der Waals surface area contributed by atoms with Crippen LogP contribution in [0.2, 0.25) is 5.02 Å². The molecule has 0 aromatic heterocycles. The first-order valence-electron chi connectivity index (χ1n) is 7.19. The van der Waals surface area contributed by atoms with Gasteiger partial charge in [0.05, 0.1) is 0 Å². The van der Waals surface area contributed by atoms with Crippen LogP contribution in [0.25, 0.3) is 0 Å². The number of carbonyl (C=O) groups is 2. The SMILES string of the molecule is Cc1cc(OCC(=O)NNC(=O)OCc2ccccc2)ccc1Cl. The van der Waals surface area contributed by atoms with Crippen LogP contribution >= 0.6 is 11.6 Å². The lowest BCUT2D eigenvalue weighted by Gasteiger charge is -2.10. The van der Waals surface area contributed by atoms with Gasteiger partial charge in [0, 0.05) is 5.02 Å². The third-order valence-electron chi connectivity index (χ3n) is 3.02. The molecule has 0 aliphatic rings. The van der Waals surface area contributed by atoms with Gasteiger partial charge in [0.15, 0.2) is 6.61 Å². The van der Waals surface area contributed by atoms with Crippen molar-refractivity contribution in [1.29, 1.82) is 0 Å². The molecule has 2 aromatic rings. The first-order chi connectivity index (χ1) is 11.5. The Bertz CT molecular complexity index is 707. The molecule has 7 heteroatoms. The summed E-state index contributed by atoms with van der Waals surface area (Å²) in [6.45, 7) is 1.70. The van der Waals surface area contributed by atoms with Gasteiger partial charge in [-0.15, -0.1) is 0 Å². The van der Waals surface area contributed by atoms with Crippen LogP contribution in [0, 0.1) is 6.92 Å². The number of carbonyl (C=O) groups excluding carboxylic acids is 2. The summed E-state index contributed by atoms with van der Waals surface area (Å²) < 4.78 is 10.3. The van der Waals surface area contributed by atoms with Crippen molar-refractivity contribution in [3.05, 3.63) is 64.7 Å². The van der Waals surface area contributed by atoms with E-state index in [1.807, 2.05) is 37.3 Å². The molecule has 0 radical (unpaired) electrons. The largest absolute Gasteiger partial charge is 0.484 e. The highest BCUT2D eigenvalue weighted by molar-refractivity contribution is 6.31. The molecule has 0 saturated heterocycles. The minimum atomic E-state index is -0.755. The van der Waals surface area contributed by atoms with E-state index in [0.29, 0.717) is 10.8 Å². The van der Waals surface area contributed by atoms with Crippen molar-refractivity contribution < 1.29 is 19.1 Å². The predicted octanol–water partition coefficient (Wildman–Crippen LogP) is 2.98. The van der Waals surface area contributed by atoms with Crippen LogP contribution < -0.4 is 15.6 Å². The van der Waals surface area contributed by atoms with E-state index in [2.05, 4.69) is 10.9 Å². The topological polar surface area (TPSA) is 76.7 Å². The molecular formula is C17H17ClN2O4. The highest BCUT2D eigenvalue weighted by Gasteiger charge is 2.07. The maximum atomic E-state index is 11.6. The molecule has 0 atom stereocenters. The molecule has 0 fully saturated rings. The molecule has 2 rings (SSSR count). The van der Waals surface area contributed by atoms with Crippen LogP contribution in [0.5, 0.6) is 5.75 Å². The summed E-state index contributed by atoms with van der Waals surface area (Å²) in [6.07, 6.45) is -0.755. The molecule has 0 aliphatic heterocycles. The lowest BCUT2D eigenvalue weighted by atomic mass is 10.2. The third-order valence-corrected chi connectivity index (χ3v) is 3.44. The number of halogens is 1. The van der Waals surface area contributed by atoms with Crippen molar-refractivity contribution in [2.45, 2.75) is 13.5 Å². The van der Waals surface area contributed by atoms with Crippen molar-refractivity contribution >= 4 is 23.6 Å². The van der Waals surface area contributed by atoms with Gasteiger partial charge in [-0.2, -0.15) is 0 Å². The maximum Gasteiger partial charge on any atom is 0.426 e. The number of rotatable bonds is 5. The van der Waals surface area contributed by atoms with E-state index in [9.17, 15) is 9.59 Å². The number of amides is 2. The second-order valence-electron chi connectivity index (χ2n) is 4.93. The molecule has 0 unspecified atom stereocenters. The van der Waals surface area contributed by atoms with E-state index >= 15 is 0 Å². The monoisotopic (exact) mass is 348 g/mol. The molecule has 2 aromatic carbocycles. The Hall–Kier alpha value is -2.73. The number of benzene rings is 2. The van der Waals surface area contributed by atoms with Crippen molar-refractivity contribution in [2.75, 3.05) is 6.61 Å². The predicted molar refractivity (Wildman–Crippen MR) is 89.6 cm³/mol. The summed E-state index contributed by atoms with van der Waals surface area (Å²) >= 11 is 5.91. The molecule has 6 nitrogen and oxygen atoms in total. The number of ether oxygens (including phenoxy) is 2. The van der Waals surface area contributed by atoms with Gasteiger partial charge in [0.1, 0.15) is 12.4 Å². The molecule has 0 spiro atoms. The fraction of sp³-hybridized carbons (Fsp3) is 0.176. The third kappa shape index (κ3) is 5.81. The van der Waals surface area contributed by atoms with E-state index in [0.717, 1.165) is 11.1 Å². The summed E-state index contributed by atoms with van der Waals surface area (Å²) in [5.41, 5.74) is 6.04. The number of hydrogen-bond acceptors (Lipinski definition) is 4. The van der Waals surface area contributed by atoms with E-state index < -0.39 is 12.0 Å². The minimum absolute atomic E-state index is 0.114. The van der Waals surface area contributed by atoms with E-state index in [1.165, 1.54) is 0 Å². The van der Waals surface area contributed by atoms with Crippen LogP contribution in [0.15, 0.2) is 48.5 Å². The van der Waals surface area contributed by atoms with E-state index in [1.54, 1.807) is 18.2 Å². The van der Waals surface area contributed by atoms with Crippen molar-refractivity contribution in [3.8, 4) is 5.75 Å². The smallest absolute Gasteiger partial charge is 0.426 e. The fourth-order valence-electron chi connectivity index (χ4n) is 1.77. The zero-order chi connectivity index (χ0) is 17.4. The van der Waals surface area contributed by atoms with Gasteiger partial charge < -0.3 is 9.47 Å². The Labute approximate surface area is 144 Å². The molecule has 0 bridgehead atoms. The average Bonchev–Trinajstić information content (AvgIpc) is 2.60. The quantitative estimate of drug-likeness (QED) is 0.814. The van der Waals surface area contributed by atoms with E-state index in [4.69, 9.17) is 21.1 Å². The summed E-state index contributed by atoms with van der Waals surface area (Å²) in [5, 5.41) is 0.620. The van der Waals surface area contributed by atoms with Crippen LogP contribution in [0.3, 0.4) is 0 Å². The lowest BCUT2D eigenvalue weighted by Crippen LogP contribution is -2.44. The van der Waals surface area contributed by atoms with Crippen molar-refractivity contribution in [3.63, 3.8) is 0 Å². The zero-order valence-electron chi connectivity index (χ0n) is 13.0. The first-order valence-corrected chi connectivity index (χ1v) is 7.57. The van der Waals surface area contributed by atoms with Crippen LogP contribution in [0.1, 0.15) is 11.1 Å². The average molecular weight is 349 g/mol. The zero-order valence-corrected chi connectivity index (χ0v) is 13.8. The van der Waals surface area contributed by atoms with Gasteiger partial charge in [0.25, 0.3) is 5.91 Å². The summed E-state index contributed by atoms with van der Waals surface area (Å²) in [6, 6.07) is 14.3. The Morgan fingerprint density at radius 3 is 2.54 bits per heavy atom. The van der Waals surface area contributed by atoms with Crippen LogP contribution in [0.4, 0.5) is 4.79 Å². The van der Waals surface area contributed by atoms with Gasteiger partial charge in [-0.25, -0.2) is 10.2 Å². The maximum absolute atomic E-state index is 11.6. The van der Waals surface area contributed by atoms with Crippen LogP contribution in [-0.2, 0) is 16.1 Å². The first kappa shape index (κ1) is 17.6. The molecule has 126 valence electrons. The van der Waals surface area contributed by atoms with Gasteiger partial charge in [-0.05, 0) is 36.2 Å². The number of nitrogens with one attached hydrogen (secondary N) is 2. The summed E-state index contributed by atoms with van der Waals surface area (Å²) in [7, 11) is 0. The molecule has 0 aliphatic carbocycles. The Morgan fingerprint density at radius 2 is 1.83 bits per heavy atom. The standard InChI is InChI=1S/C17H17ClN2O4/c1-12-9-14(7-8-15(12)18)23-11-16(21)19-20-17(22)24-10-13-5-3-2-4-6-13/h2-9H,10-11H2,1H3,(H,19,21)(H,20,22). The normalized spacial score (nSPS) is 9.92. The van der Waals surface area contributed by atoms with Crippen LogP contribution in [-0.4, -0.2) is 18.6 Å². The fourth-order valence-corrected chi connectivity index (χ4v) is 1.89. The minimum Gasteiger partial charge on any atom is -0.484 e. The summed E-state index contributed by atoms with van der Waals surface area (Å²) in [5.74, 6) is -0.00188. The van der Waals surface area contributed by atoms with Gasteiger partial charge >= 0.3 is 6.09 Å². The van der Waals surface area contributed by atoms with Gasteiger partial charge in [-0.1, -0.05) is 41.9 Å². The second-order valence-corrected chi connectivity index (χ2v) is 5.34. The Balaban J connectivity index is 1.67. The molecule has 2 amide bonds. The highest BCUT2D eigenvalue weighted by Crippen LogP contribution is 2.20. The lowest BCUT2D eigenvalue weighted by molar-refractivity contribution is -0.124. The number of aryl methyl sites for hydroxylation is 1.